The molecular weight excluding hydrogens is 532 g/mol. The molecule has 0 aliphatic rings. The number of nitrogens with zero attached hydrogens (tertiary/aromatic N) is 3. The van der Waals surface area contributed by atoms with Crippen molar-refractivity contribution < 1.29 is 23.0 Å². The molecule has 0 saturated heterocycles. The Balaban J connectivity index is 1.55. The zero-order valence-corrected chi connectivity index (χ0v) is 22.7. The molecule has 0 fully saturated rings. The van der Waals surface area contributed by atoms with Crippen LogP contribution in [0, 0.1) is 23.0 Å². The molecule has 5 N–H and O–H groups in total. The van der Waals surface area contributed by atoms with Crippen LogP contribution in [-0.4, -0.2) is 30.8 Å². The van der Waals surface area contributed by atoms with Crippen molar-refractivity contribution in [3.05, 3.63) is 83.1 Å². The summed E-state index contributed by atoms with van der Waals surface area (Å²) >= 11 is 0. The molecule has 0 amide bonds. The first-order valence-electron chi connectivity index (χ1n) is 12.6. The summed E-state index contributed by atoms with van der Waals surface area (Å²) in [5, 5.41) is 18.9. The predicted molar refractivity (Wildman–Crippen MR) is 153 cm³/mol. The fraction of sp³-hybridized carbons (Fsp3) is 0.207. The minimum atomic E-state index is -0.800. The molecule has 0 spiro atoms. The summed E-state index contributed by atoms with van der Waals surface area (Å²) in [7, 11) is 3.17. The van der Waals surface area contributed by atoms with Crippen LogP contribution in [0.2, 0.25) is 0 Å². The fourth-order valence-electron chi connectivity index (χ4n) is 4.00. The topological polar surface area (TPSA) is 139 Å². The number of rotatable bonds is 12. The molecule has 1 aromatic heterocycles. The van der Waals surface area contributed by atoms with Gasteiger partial charge in [0.1, 0.15) is 17.3 Å². The van der Waals surface area contributed by atoms with Gasteiger partial charge in [-0.05, 0) is 43.3 Å². The number of nitriles is 1. The molecule has 0 bridgehead atoms. The van der Waals surface area contributed by atoms with E-state index in [1.54, 1.807) is 45.4 Å². The molecule has 3 aromatic carbocycles. The van der Waals surface area contributed by atoms with Gasteiger partial charge in [-0.15, -0.1) is 0 Å². The Hall–Kier alpha value is -5.31. The Bertz CT molecular complexity index is 1580. The first-order valence-corrected chi connectivity index (χ1v) is 12.6. The van der Waals surface area contributed by atoms with Crippen LogP contribution in [0.5, 0.6) is 17.2 Å². The van der Waals surface area contributed by atoms with Crippen molar-refractivity contribution in [2.24, 2.45) is 0 Å². The summed E-state index contributed by atoms with van der Waals surface area (Å²) in [6, 6.07) is 14.7. The van der Waals surface area contributed by atoms with Crippen LogP contribution in [0.4, 0.5) is 37.6 Å². The number of anilines is 5. The molecule has 1 heterocycles. The lowest BCUT2D eigenvalue weighted by Gasteiger charge is -2.17. The van der Waals surface area contributed by atoms with Crippen molar-refractivity contribution in [1.29, 1.82) is 5.26 Å². The third kappa shape index (κ3) is 7.02. The number of nitrogens with two attached hydrogens (primary N) is 1. The Labute approximate surface area is 236 Å². The summed E-state index contributed by atoms with van der Waals surface area (Å²) in [6.45, 7) is 2.32. The number of ether oxygens (including phenoxy) is 3. The van der Waals surface area contributed by atoms with E-state index in [1.807, 2.05) is 12.1 Å². The van der Waals surface area contributed by atoms with Crippen LogP contribution in [0.15, 0.2) is 54.7 Å². The standard InChI is InChI=1S/C29H29F2N7O3/c1-4-41-27-19(10-20(30)11-22(27)31)15-35-28-23(33)16-36-29(38-28)37-25-9-17(13-32)5-8-24(25)34-14-18-6-7-21(39-2)12-26(18)40-3/h5-12,16,34H,4,14-15,33H2,1-3H3,(H2,35,36,37,38). The van der Waals surface area contributed by atoms with E-state index in [1.165, 1.54) is 12.3 Å². The molecule has 4 aromatic rings. The van der Waals surface area contributed by atoms with E-state index >= 15 is 0 Å². The molecule has 0 radical (unpaired) electrons. The minimum Gasteiger partial charge on any atom is -0.497 e. The normalized spacial score (nSPS) is 10.4. The van der Waals surface area contributed by atoms with Gasteiger partial charge in [0.25, 0.3) is 0 Å². The van der Waals surface area contributed by atoms with Gasteiger partial charge in [-0.3, -0.25) is 0 Å². The van der Waals surface area contributed by atoms with Crippen molar-refractivity contribution in [2.75, 3.05) is 42.5 Å². The lowest BCUT2D eigenvalue weighted by Crippen LogP contribution is -2.10. The Morgan fingerprint density at radius 2 is 1.76 bits per heavy atom. The van der Waals surface area contributed by atoms with Crippen molar-refractivity contribution in [3.63, 3.8) is 0 Å². The summed E-state index contributed by atoms with van der Waals surface area (Å²) in [4.78, 5) is 8.68. The highest BCUT2D eigenvalue weighted by molar-refractivity contribution is 5.75. The largest absolute Gasteiger partial charge is 0.497 e. The predicted octanol–water partition coefficient (Wildman–Crippen LogP) is 5.59. The van der Waals surface area contributed by atoms with Crippen LogP contribution >= 0.6 is 0 Å². The lowest BCUT2D eigenvalue weighted by molar-refractivity contribution is 0.316. The van der Waals surface area contributed by atoms with Crippen LogP contribution in [0.3, 0.4) is 0 Å². The molecule has 4 rings (SSSR count). The van der Waals surface area contributed by atoms with Crippen LogP contribution in [-0.2, 0) is 13.1 Å². The Kier molecular flexibility index (Phi) is 9.21. The van der Waals surface area contributed by atoms with E-state index in [0.29, 0.717) is 35.0 Å². The molecular formula is C29H29F2N7O3. The van der Waals surface area contributed by atoms with Gasteiger partial charge in [0, 0.05) is 36.3 Å². The van der Waals surface area contributed by atoms with Crippen LogP contribution in [0.1, 0.15) is 23.6 Å². The number of nitrogens with one attached hydrogen (secondary N) is 3. The number of hydrogen-bond acceptors (Lipinski definition) is 10. The highest BCUT2D eigenvalue weighted by atomic mass is 19.1. The first kappa shape index (κ1) is 28.7. The van der Waals surface area contributed by atoms with E-state index in [2.05, 4.69) is 32.0 Å². The average Bonchev–Trinajstić information content (AvgIpc) is 2.98. The number of benzene rings is 3. The molecule has 0 unspecified atom stereocenters. The molecule has 41 heavy (non-hydrogen) atoms. The molecule has 0 aliphatic carbocycles. The maximum Gasteiger partial charge on any atom is 0.229 e. The maximum absolute atomic E-state index is 14.3. The Morgan fingerprint density at radius 3 is 2.49 bits per heavy atom. The summed E-state index contributed by atoms with van der Waals surface area (Å²) in [5.74, 6) is 0.165. The van der Waals surface area contributed by atoms with Crippen molar-refractivity contribution >= 4 is 28.8 Å². The second kappa shape index (κ2) is 13.2. The monoisotopic (exact) mass is 561 g/mol. The van der Waals surface area contributed by atoms with Gasteiger partial charge in [0.15, 0.2) is 17.4 Å². The van der Waals surface area contributed by atoms with Gasteiger partial charge < -0.3 is 35.9 Å². The second-order valence-corrected chi connectivity index (χ2v) is 8.69. The highest BCUT2D eigenvalue weighted by Crippen LogP contribution is 2.31. The van der Waals surface area contributed by atoms with E-state index < -0.39 is 11.6 Å². The summed E-state index contributed by atoms with van der Waals surface area (Å²) in [5.41, 5.74) is 9.08. The first-order chi connectivity index (χ1) is 19.8. The van der Waals surface area contributed by atoms with Crippen LogP contribution < -0.4 is 35.9 Å². The minimum absolute atomic E-state index is 0.00885. The SMILES string of the molecule is CCOc1c(F)cc(F)cc1CNc1nc(Nc2cc(C#N)ccc2NCc2ccc(OC)cc2OC)ncc1N. The lowest BCUT2D eigenvalue weighted by atomic mass is 10.1. The number of aromatic nitrogens is 2. The summed E-state index contributed by atoms with van der Waals surface area (Å²) in [6.07, 6.45) is 1.40. The van der Waals surface area contributed by atoms with Gasteiger partial charge in [-0.1, -0.05) is 0 Å². The van der Waals surface area contributed by atoms with E-state index in [0.717, 1.165) is 11.6 Å². The quantitative estimate of drug-likeness (QED) is 0.173. The van der Waals surface area contributed by atoms with Gasteiger partial charge in [0.05, 0.1) is 55.7 Å². The number of nitrogen functional groups attached to an aromatic ring is 1. The second-order valence-electron chi connectivity index (χ2n) is 8.69. The van der Waals surface area contributed by atoms with Gasteiger partial charge in [-0.2, -0.15) is 10.2 Å². The van der Waals surface area contributed by atoms with Crippen molar-refractivity contribution in [1.82, 2.24) is 9.97 Å². The number of hydrogen-bond donors (Lipinski definition) is 4. The molecule has 10 nitrogen and oxygen atoms in total. The van der Waals surface area contributed by atoms with E-state index in [4.69, 9.17) is 19.9 Å². The van der Waals surface area contributed by atoms with Crippen molar-refractivity contribution in [2.45, 2.75) is 20.0 Å². The third-order valence-electron chi connectivity index (χ3n) is 6.00. The number of halogens is 2. The summed E-state index contributed by atoms with van der Waals surface area (Å²) < 4.78 is 44.2. The van der Waals surface area contributed by atoms with Crippen LogP contribution in [0.25, 0.3) is 0 Å². The Morgan fingerprint density at radius 1 is 0.951 bits per heavy atom. The van der Waals surface area contributed by atoms with Crippen molar-refractivity contribution in [3.8, 4) is 23.3 Å². The molecule has 0 atom stereocenters. The molecule has 12 heteroatoms. The molecule has 0 aliphatic heterocycles. The average molecular weight is 562 g/mol. The van der Waals surface area contributed by atoms with E-state index in [9.17, 15) is 14.0 Å². The smallest absolute Gasteiger partial charge is 0.229 e. The molecule has 212 valence electrons. The number of methoxy groups -OCH3 is 2. The highest BCUT2D eigenvalue weighted by Gasteiger charge is 2.15. The van der Waals surface area contributed by atoms with Gasteiger partial charge in [0.2, 0.25) is 5.95 Å². The van der Waals surface area contributed by atoms with Gasteiger partial charge >= 0.3 is 0 Å². The third-order valence-corrected chi connectivity index (χ3v) is 6.00. The zero-order chi connectivity index (χ0) is 29.4. The van der Waals surface area contributed by atoms with Gasteiger partial charge in [-0.25, -0.2) is 13.8 Å². The van der Waals surface area contributed by atoms with E-state index in [-0.39, 0.29) is 41.9 Å². The maximum atomic E-state index is 14.3. The zero-order valence-electron chi connectivity index (χ0n) is 22.7. The fourth-order valence-corrected chi connectivity index (χ4v) is 4.00. The molecule has 0 saturated carbocycles.